The third-order valence-corrected chi connectivity index (χ3v) is 3.29. The molecule has 0 spiro atoms. The number of carbonyl (C=O) groups is 1. The molecule has 1 aromatic rings. The van der Waals surface area contributed by atoms with Crippen molar-refractivity contribution in [1.29, 1.82) is 0 Å². The van der Waals surface area contributed by atoms with Crippen molar-refractivity contribution in [3.05, 3.63) is 24.2 Å². The summed E-state index contributed by atoms with van der Waals surface area (Å²) >= 11 is 0. The van der Waals surface area contributed by atoms with E-state index >= 15 is 0 Å². The van der Waals surface area contributed by atoms with Gasteiger partial charge in [-0.25, -0.2) is 0 Å². The lowest BCUT2D eigenvalue weighted by molar-refractivity contribution is -0.933. The number of hydrogen-bond acceptors (Lipinski definition) is 3. The van der Waals surface area contributed by atoms with Gasteiger partial charge in [0.05, 0.1) is 18.3 Å². The van der Waals surface area contributed by atoms with Crippen LogP contribution in [0.2, 0.25) is 0 Å². The summed E-state index contributed by atoms with van der Waals surface area (Å²) in [6.07, 6.45) is 6.27. The molecule has 1 unspecified atom stereocenters. The smallest absolute Gasteiger partial charge is 0.157 e. The SMILES string of the molecule is O=C([O-])C[NH+](Cc1ccco1)C1CCCC1. The maximum absolute atomic E-state index is 10.7. The van der Waals surface area contributed by atoms with E-state index in [0.717, 1.165) is 23.5 Å². The molecular formula is C12H17NO3. The molecule has 4 nitrogen and oxygen atoms in total. The fourth-order valence-corrected chi connectivity index (χ4v) is 2.51. The van der Waals surface area contributed by atoms with Gasteiger partial charge in [0.25, 0.3) is 0 Å². The van der Waals surface area contributed by atoms with E-state index in [1.807, 2.05) is 12.1 Å². The van der Waals surface area contributed by atoms with Crippen LogP contribution in [-0.2, 0) is 11.3 Å². The van der Waals surface area contributed by atoms with E-state index < -0.39 is 5.97 Å². The average Bonchev–Trinajstić information content (AvgIpc) is 2.88. The largest absolute Gasteiger partial charge is 0.544 e. The Morgan fingerprint density at radius 1 is 1.50 bits per heavy atom. The summed E-state index contributed by atoms with van der Waals surface area (Å²) in [5, 5.41) is 10.7. The van der Waals surface area contributed by atoms with Crippen molar-refractivity contribution in [3.8, 4) is 0 Å². The first-order chi connectivity index (χ1) is 7.75. The third kappa shape index (κ3) is 2.85. The Morgan fingerprint density at radius 3 is 2.81 bits per heavy atom. The zero-order valence-electron chi connectivity index (χ0n) is 9.28. The van der Waals surface area contributed by atoms with Crippen LogP contribution in [0.3, 0.4) is 0 Å². The second-order valence-electron chi connectivity index (χ2n) is 4.44. The van der Waals surface area contributed by atoms with Gasteiger partial charge in [-0.3, -0.25) is 0 Å². The number of rotatable bonds is 5. The minimum atomic E-state index is -0.978. The fourth-order valence-electron chi connectivity index (χ4n) is 2.51. The predicted molar refractivity (Wildman–Crippen MR) is 55.5 cm³/mol. The first-order valence-corrected chi connectivity index (χ1v) is 5.82. The molecule has 1 N–H and O–H groups in total. The summed E-state index contributed by atoms with van der Waals surface area (Å²) in [5.41, 5.74) is 0. The molecule has 1 aromatic heterocycles. The number of nitrogens with one attached hydrogen (secondary N) is 1. The second kappa shape index (κ2) is 5.16. The first kappa shape index (κ1) is 11.2. The average molecular weight is 223 g/mol. The molecular weight excluding hydrogens is 206 g/mol. The highest BCUT2D eigenvalue weighted by atomic mass is 16.4. The molecule has 4 heteroatoms. The topological polar surface area (TPSA) is 57.7 Å². The molecule has 1 atom stereocenters. The Balaban J connectivity index is 1.98. The fraction of sp³-hybridized carbons (Fsp3) is 0.583. The van der Waals surface area contributed by atoms with Crippen LogP contribution in [0.5, 0.6) is 0 Å². The molecule has 0 saturated heterocycles. The molecule has 2 rings (SSSR count). The minimum absolute atomic E-state index is 0.0748. The van der Waals surface area contributed by atoms with Gasteiger partial charge in [0.1, 0.15) is 13.1 Å². The zero-order valence-corrected chi connectivity index (χ0v) is 9.28. The molecule has 88 valence electrons. The molecule has 1 aliphatic rings. The molecule has 16 heavy (non-hydrogen) atoms. The first-order valence-electron chi connectivity index (χ1n) is 5.82. The minimum Gasteiger partial charge on any atom is -0.544 e. The van der Waals surface area contributed by atoms with Crippen molar-refractivity contribution in [2.24, 2.45) is 0 Å². The zero-order chi connectivity index (χ0) is 11.4. The molecule has 0 aliphatic heterocycles. The van der Waals surface area contributed by atoms with Gasteiger partial charge in [0, 0.05) is 0 Å². The lowest BCUT2D eigenvalue weighted by Crippen LogP contribution is -3.15. The highest BCUT2D eigenvalue weighted by Crippen LogP contribution is 2.15. The molecule has 1 aliphatic carbocycles. The van der Waals surface area contributed by atoms with Crippen LogP contribution in [0, 0.1) is 0 Å². The van der Waals surface area contributed by atoms with E-state index in [9.17, 15) is 9.90 Å². The van der Waals surface area contributed by atoms with Gasteiger partial charge in [-0.15, -0.1) is 0 Å². The number of carboxylic acids is 1. The number of quaternary nitrogens is 1. The van der Waals surface area contributed by atoms with Crippen LogP contribution in [0.15, 0.2) is 22.8 Å². The maximum atomic E-state index is 10.7. The van der Waals surface area contributed by atoms with E-state index in [4.69, 9.17) is 4.42 Å². The number of aliphatic carboxylic acids is 1. The Labute approximate surface area is 94.9 Å². The molecule has 1 saturated carbocycles. The Hall–Kier alpha value is -1.29. The van der Waals surface area contributed by atoms with E-state index in [1.165, 1.54) is 12.8 Å². The van der Waals surface area contributed by atoms with Crippen molar-refractivity contribution in [2.45, 2.75) is 38.3 Å². The highest BCUT2D eigenvalue weighted by molar-refractivity contribution is 5.65. The van der Waals surface area contributed by atoms with Crippen LogP contribution in [0.25, 0.3) is 0 Å². The quantitative estimate of drug-likeness (QED) is 0.722. The molecule has 0 amide bonds. The summed E-state index contributed by atoms with van der Waals surface area (Å²) in [6, 6.07) is 4.17. The summed E-state index contributed by atoms with van der Waals surface area (Å²) < 4.78 is 5.27. The van der Waals surface area contributed by atoms with Gasteiger partial charge in [-0.05, 0) is 37.8 Å². The van der Waals surface area contributed by atoms with Crippen molar-refractivity contribution in [1.82, 2.24) is 0 Å². The number of hydrogen-bond donors (Lipinski definition) is 1. The molecule has 0 bridgehead atoms. The van der Waals surface area contributed by atoms with Crippen LogP contribution in [-0.4, -0.2) is 18.6 Å². The van der Waals surface area contributed by atoms with Gasteiger partial charge in [0.15, 0.2) is 5.76 Å². The van der Waals surface area contributed by atoms with Crippen LogP contribution in [0.4, 0.5) is 0 Å². The number of carbonyl (C=O) groups excluding carboxylic acids is 1. The van der Waals surface area contributed by atoms with E-state index in [-0.39, 0.29) is 6.54 Å². The van der Waals surface area contributed by atoms with Crippen molar-refractivity contribution in [3.63, 3.8) is 0 Å². The number of furan rings is 1. The van der Waals surface area contributed by atoms with Crippen molar-refractivity contribution < 1.29 is 19.2 Å². The maximum Gasteiger partial charge on any atom is 0.157 e. The normalized spacial score (nSPS) is 18.8. The van der Waals surface area contributed by atoms with Crippen molar-refractivity contribution >= 4 is 5.97 Å². The standard InChI is InChI=1S/C12H17NO3/c14-12(15)9-13(10-4-1-2-5-10)8-11-6-3-7-16-11/h3,6-7,10H,1-2,4-5,8-9H2,(H,14,15). The van der Waals surface area contributed by atoms with E-state index in [2.05, 4.69) is 0 Å². The van der Waals surface area contributed by atoms with Gasteiger partial charge < -0.3 is 19.2 Å². The Bertz CT molecular complexity index is 328. The lowest BCUT2D eigenvalue weighted by Gasteiger charge is -2.25. The lowest BCUT2D eigenvalue weighted by atomic mass is 10.2. The molecule has 0 aromatic carbocycles. The van der Waals surface area contributed by atoms with Gasteiger partial charge >= 0.3 is 0 Å². The van der Waals surface area contributed by atoms with Crippen LogP contribution >= 0.6 is 0 Å². The second-order valence-corrected chi connectivity index (χ2v) is 4.44. The summed E-state index contributed by atoms with van der Waals surface area (Å²) in [7, 11) is 0. The van der Waals surface area contributed by atoms with E-state index in [1.54, 1.807) is 6.26 Å². The van der Waals surface area contributed by atoms with Crippen LogP contribution in [0.1, 0.15) is 31.4 Å². The van der Waals surface area contributed by atoms with Crippen molar-refractivity contribution in [2.75, 3.05) is 6.54 Å². The Kier molecular flexibility index (Phi) is 3.62. The molecule has 1 fully saturated rings. The molecule has 0 radical (unpaired) electrons. The van der Waals surface area contributed by atoms with Gasteiger partial charge in [-0.1, -0.05) is 0 Å². The van der Waals surface area contributed by atoms with Crippen LogP contribution < -0.4 is 10.0 Å². The highest BCUT2D eigenvalue weighted by Gasteiger charge is 2.26. The van der Waals surface area contributed by atoms with Gasteiger partial charge in [0.2, 0.25) is 0 Å². The summed E-state index contributed by atoms with van der Waals surface area (Å²) in [5.74, 6) is -0.128. The third-order valence-electron chi connectivity index (χ3n) is 3.29. The van der Waals surface area contributed by atoms with Gasteiger partial charge in [-0.2, -0.15) is 0 Å². The Morgan fingerprint density at radius 2 is 2.25 bits per heavy atom. The predicted octanol–water partition coefficient (Wildman–Crippen LogP) is -0.643. The summed E-state index contributed by atoms with van der Waals surface area (Å²) in [6.45, 7) is 0.719. The monoisotopic (exact) mass is 223 g/mol. The summed E-state index contributed by atoms with van der Waals surface area (Å²) in [4.78, 5) is 11.8. The number of carboxylic acid groups (broad SMARTS) is 1. The molecule has 1 heterocycles. The van der Waals surface area contributed by atoms with E-state index in [0.29, 0.717) is 12.6 Å².